The molecule has 0 amide bonds. The van der Waals surface area contributed by atoms with Gasteiger partial charge in [-0.3, -0.25) is 0 Å². The Labute approximate surface area is 109 Å². The first-order valence-electron chi connectivity index (χ1n) is 5.34. The van der Waals surface area contributed by atoms with Gasteiger partial charge in [0.25, 0.3) is 6.10 Å². The summed E-state index contributed by atoms with van der Waals surface area (Å²) in [5.74, 6) is -0.733. The van der Waals surface area contributed by atoms with E-state index in [1.807, 2.05) is 0 Å². The number of aromatic nitrogens is 1. The van der Waals surface area contributed by atoms with Gasteiger partial charge in [0.2, 0.25) is 5.88 Å². The van der Waals surface area contributed by atoms with E-state index >= 15 is 0 Å². The zero-order chi connectivity index (χ0) is 15.0. The molecule has 0 aliphatic rings. The molecule has 8 heteroatoms. The van der Waals surface area contributed by atoms with Crippen molar-refractivity contribution in [3.05, 3.63) is 36.4 Å². The average molecular weight is 295 g/mol. The lowest BCUT2D eigenvalue weighted by atomic mass is 10.2. The molecule has 1 aromatic carbocycles. The van der Waals surface area contributed by atoms with E-state index in [-0.39, 0.29) is 5.52 Å². The molecule has 0 atom stereocenters. The number of halogens is 6. The van der Waals surface area contributed by atoms with E-state index in [0.717, 1.165) is 6.07 Å². The summed E-state index contributed by atoms with van der Waals surface area (Å²) in [7, 11) is 0. The highest BCUT2D eigenvalue weighted by Gasteiger charge is 2.59. The first-order valence-corrected chi connectivity index (χ1v) is 5.34. The van der Waals surface area contributed by atoms with Gasteiger partial charge >= 0.3 is 12.4 Å². The molecule has 0 fully saturated rings. The lowest BCUT2D eigenvalue weighted by Gasteiger charge is -2.23. The lowest BCUT2D eigenvalue weighted by Crippen LogP contribution is -2.46. The predicted octanol–water partition coefficient (Wildman–Crippen LogP) is 4.11. The van der Waals surface area contributed by atoms with Crippen LogP contribution in [0.15, 0.2) is 36.4 Å². The smallest absolute Gasteiger partial charge is 0.434 e. The second kappa shape index (κ2) is 4.84. The fourth-order valence-electron chi connectivity index (χ4n) is 1.55. The zero-order valence-corrected chi connectivity index (χ0v) is 9.66. The van der Waals surface area contributed by atoms with Gasteiger partial charge in [0, 0.05) is 11.5 Å². The van der Waals surface area contributed by atoms with Crippen LogP contribution in [-0.2, 0) is 0 Å². The van der Waals surface area contributed by atoms with E-state index in [4.69, 9.17) is 0 Å². The number of rotatable bonds is 2. The molecule has 0 saturated carbocycles. The van der Waals surface area contributed by atoms with Gasteiger partial charge in [-0.1, -0.05) is 18.2 Å². The van der Waals surface area contributed by atoms with Gasteiger partial charge in [0.1, 0.15) is 0 Å². The highest BCUT2D eigenvalue weighted by molar-refractivity contribution is 5.78. The fraction of sp³-hybridized carbons (Fsp3) is 0.250. The second-order valence-electron chi connectivity index (χ2n) is 3.92. The summed E-state index contributed by atoms with van der Waals surface area (Å²) in [5, 5.41) is 0.579. The van der Waals surface area contributed by atoms with Crippen molar-refractivity contribution in [2.75, 3.05) is 0 Å². The number of hydrogen-bond acceptors (Lipinski definition) is 2. The normalized spacial score (nSPS) is 12.9. The molecule has 0 saturated heterocycles. The first-order chi connectivity index (χ1) is 9.18. The van der Waals surface area contributed by atoms with Crippen molar-refractivity contribution in [1.29, 1.82) is 0 Å². The topological polar surface area (TPSA) is 22.1 Å². The van der Waals surface area contributed by atoms with Gasteiger partial charge in [-0.15, -0.1) is 0 Å². The number of nitrogens with zero attached hydrogens (tertiary/aromatic N) is 1. The molecule has 108 valence electrons. The van der Waals surface area contributed by atoms with Crippen LogP contribution >= 0.6 is 0 Å². The molecule has 0 radical (unpaired) electrons. The van der Waals surface area contributed by atoms with Gasteiger partial charge in [-0.2, -0.15) is 26.3 Å². The second-order valence-corrected chi connectivity index (χ2v) is 3.92. The van der Waals surface area contributed by atoms with Crippen LogP contribution in [0.1, 0.15) is 0 Å². The number of para-hydroxylation sites is 1. The summed E-state index contributed by atoms with van der Waals surface area (Å²) in [5.41, 5.74) is 0.244. The molecule has 2 nitrogen and oxygen atoms in total. The molecule has 2 aromatic rings. The minimum atomic E-state index is -5.56. The molecular formula is C12H7F6NO. The maximum absolute atomic E-state index is 12.3. The minimum Gasteiger partial charge on any atom is -0.455 e. The third kappa shape index (κ3) is 3.12. The number of benzene rings is 1. The molecule has 0 N–H and O–H groups in total. The SMILES string of the molecule is FC(F)(F)C(Oc1ccc2ccccc2n1)C(F)(F)F. The molecule has 20 heavy (non-hydrogen) atoms. The fourth-order valence-corrected chi connectivity index (χ4v) is 1.55. The van der Waals surface area contributed by atoms with Crippen molar-refractivity contribution in [1.82, 2.24) is 4.98 Å². The monoisotopic (exact) mass is 295 g/mol. The summed E-state index contributed by atoms with van der Waals surface area (Å²) in [6.07, 6.45) is -15.0. The Balaban J connectivity index is 2.34. The molecule has 1 aromatic heterocycles. The van der Waals surface area contributed by atoms with E-state index in [1.54, 1.807) is 18.2 Å². The Morgan fingerprint density at radius 3 is 2.05 bits per heavy atom. The van der Waals surface area contributed by atoms with Crippen molar-refractivity contribution in [2.24, 2.45) is 0 Å². The van der Waals surface area contributed by atoms with Gasteiger partial charge in [-0.25, -0.2) is 4.98 Å². The number of ether oxygens (including phenoxy) is 1. The average Bonchev–Trinajstić information content (AvgIpc) is 2.33. The predicted molar refractivity (Wildman–Crippen MR) is 58.3 cm³/mol. The van der Waals surface area contributed by atoms with Gasteiger partial charge in [0.05, 0.1) is 5.52 Å². The Hall–Kier alpha value is -1.99. The Morgan fingerprint density at radius 2 is 1.45 bits per heavy atom. The van der Waals surface area contributed by atoms with Crippen LogP contribution < -0.4 is 4.74 Å². The zero-order valence-electron chi connectivity index (χ0n) is 9.66. The van der Waals surface area contributed by atoms with Gasteiger partial charge in [-0.05, 0) is 12.1 Å². The number of hydrogen-bond donors (Lipinski definition) is 0. The van der Waals surface area contributed by atoms with Crippen LogP contribution in [0.25, 0.3) is 10.9 Å². The van der Waals surface area contributed by atoms with E-state index in [1.165, 1.54) is 12.1 Å². The van der Waals surface area contributed by atoms with Crippen LogP contribution in [0.3, 0.4) is 0 Å². The van der Waals surface area contributed by atoms with Crippen LogP contribution in [0.5, 0.6) is 5.88 Å². The summed E-state index contributed by atoms with van der Waals surface area (Å²) < 4.78 is 78.0. The van der Waals surface area contributed by atoms with Crippen LogP contribution in [-0.4, -0.2) is 23.4 Å². The maximum atomic E-state index is 12.3. The molecule has 0 aliphatic heterocycles. The van der Waals surface area contributed by atoms with Crippen LogP contribution in [0.4, 0.5) is 26.3 Å². The van der Waals surface area contributed by atoms with Crippen molar-refractivity contribution < 1.29 is 31.1 Å². The third-order valence-electron chi connectivity index (χ3n) is 2.41. The molecule has 1 heterocycles. The highest BCUT2D eigenvalue weighted by atomic mass is 19.4. The van der Waals surface area contributed by atoms with E-state index < -0.39 is 24.3 Å². The Morgan fingerprint density at radius 1 is 0.850 bits per heavy atom. The molecule has 0 aliphatic carbocycles. The van der Waals surface area contributed by atoms with Gasteiger partial charge in [0.15, 0.2) is 0 Å². The van der Waals surface area contributed by atoms with Crippen molar-refractivity contribution in [3.63, 3.8) is 0 Å². The largest absolute Gasteiger partial charge is 0.455 e. The third-order valence-corrected chi connectivity index (χ3v) is 2.41. The molecule has 2 rings (SSSR count). The summed E-state index contributed by atoms with van der Waals surface area (Å²) in [4.78, 5) is 3.62. The summed E-state index contributed by atoms with van der Waals surface area (Å²) >= 11 is 0. The molecule has 0 spiro atoms. The summed E-state index contributed by atoms with van der Waals surface area (Å²) in [6.45, 7) is 0. The number of pyridine rings is 1. The Bertz CT molecular complexity index is 593. The molecular weight excluding hydrogens is 288 g/mol. The van der Waals surface area contributed by atoms with Crippen LogP contribution in [0.2, 0.25) is 0 Å². The van der Waals surface area contributed by atoms with Crippen molar-refractivity contribution >= 4 is 10.9 Å². The quantitative estimate of drug-likeness (QED) is 0.778. The lowest BCUT2D eigenvalue weighted by molar-refractivity contribution is -0.300. The van der Waals surface area contributed by atoms with E-state index in [0.29, 0.717) is 5.39 Å². The molecule has 0 unspecified atom stereocenters. The number of alkyl halides is 6. The number of fused-ring (bicyclic) bond motifs is 1. The standard InChI is InChI=1S/C12H7F6NO/c13-11(14,15)10(12(16,17)18)20-9-6-5-7-3-1-2-4-8(7)19-9/h1-6,10H. The van der Waals surface area contributed by atoms with Crippen molar-refractivity contribution in [3.8, 4) is 5.88 Å². The summed E-state index contributed by atoms with van der Waals surface area (Å²) in [6, 6.07) is 8.60. The first kappa shape index (κ1) is 14.4. The van der Waals surface area contributed by atoms with Gasteiger partial charge < -0.3 is 4.74 Å². The van der Waals surface area contributed by atoms with Crippen molar-refractivity contribution in [2.45, 2.75) is 18.5 Å². The van der Waals surface area contributed by atoms with Crippen LogP contribution in [0, 0.1) is 0 Å². The van der Waals surface area contributed by atoms with E-state index in [9.17, 15) is 26.3 Å². The minimum absolute atomic E-state index is 0.244. The Kier molecular flexibility index (Phi) is 3.49. The highest BCUT2D eigenvalue weighted by Crippen LogP contribution is 2.36. The van der Waals surface area contributed by atoms with E-state index in [2.05, 4.69) is 9.72 Å². The molecule has 0 bridgehead atoms. The maximum Gasteiger partial charge on any atom is 0.434 e.